The van der Waals surface area contributed by atoms with Gasteiger partial charge >= 0.3 is 0 Å². The number of carbonyl (C=O) groups excluding carboxylic acids is 1. The molecule has 1 amide bonds. The van der Waals surface area contributed by atoms with E-state index in [9.17, 15) is 18.3 Å². The third-order valence-corrected chi connectivity index (χ3v) is 10.8. The number of hydrogen-bond acceptors (Lipinski definition) is 8. The number of allylic oxidation sites excluding steroid dienone is 1. The number of benzene rings is 4. The van der Waals surface area contributed by atoms with Crippen molar-refractivity contribution in [2.45, 2.75) is 39.3 Å². The van der Waals surface area contributed by atoms with Crippen molar-refractivity contribution in [3.05, 3.63) is 118 Å². The van der Waals surface area contributed by atoms with E-state index in [-0.39, 0.29) is 65.3 Å². The molecule has 0 aliphatic carbocycles. The summed E-state index contributed by atoms with van der Waals surface area (Å²) in [5, 5.41) is 14.2. The Balaban J connectivity index is 1.37. The van der Waals surface area contributed by atoms with Crippen LogP contribution in [0.25, 0.3) is 0 Å². The van der Waals surface area contributed by atoms with Crippen molar-refractivity contribution < 1.29 is 36.9 Å². The summed E-state index contributed by atoms with van der Waals surface area (Å²) in [6, 6.07) is 22.0. The average Bonchev–Trinajstić information content (AvgIpc) is 3.42. The van der Waals surface area contributed by atoms with Gasteiger partial charge in [-0.15, -0.1) is 0 Å². The first-order valence-corrected chi connectivity index (χ1v) is 16.9. The Morgan fingerprint density at radius 2 is 1.79 bits per heavy atom. The Morgan fingerprint density at radius 1 is 1.00 bits per heavy atom. The average molecular weight is 657 g/mol. The number of nitrogens with zero attached hydrogens (tertiary/aromatic N) is 1. The van der Waals surface area contributed by atoms with Crippen molar-refractivity contribution in [1.29, 1.82) is 0 Å². The van der Waals surface area contributed by atoms with Gasteiger partial charge in [-0.3, -0.25) is 9.69 Å². The van der Waals surface area contributed by atoms with Gasteiger partial charge in [0.25, 0.3) is 0 Å². The molecule has 0 aromatic heterocycles. The monoisotopic (exact) mass is 656 g/mol. The number of phenolic OH excluding ortho intramolecular Hbond substituents is 1. The van der Waals surface area contributed by atoms with Gasteiger partial charge in [0.2, 0.25) is 12.7 Å². The van der Waals surface area contributed by atoms with Crippen molar-refractivity contribution in [2.24, 2.45) is 5.41 Å². The molecule has 11 heteroatoms. The van der Waals surface area contributed by atoms with E-state index >= 15 is 4.39 Å². The number of hydrogen-bond donors (Lipinski definition) is 2. The van der Waals surface area contributed by atoms with Gasteiger partial charge in [-0.1, -0.05) is 56.3 Å². The lowest BCUT2D eigenvalue weighted by atomic mass is 9.88. The highest BCUT2D eigenvalue weighted by atomic mass is 32.2. The molecular weight excluding hydrogens is 623 g/mol. The zero-order chi connectivity index (χ0) is 32.9. The van der Waals surface area contributed by atoms with E-state index in [2.05, 4.69) is 5.32 Å². The van der Waals surface area contributed by atoms with E-state index in [0.29, 0.717) is 22.8 Å². The molecule has 4 aromatic carbocycles. The molecule has 3 aliphatic rings. The molecule has 1 atom stereocenters. The number of fused-ring (bicyclic) bond motifs is 2. The summed E-state index contributed by atoms with van der Waals surface area (Å²) in [6.07, 6.45) is 0.117. The standard InChI is InChI=1S/C36H33FN2O7S/c1-36(2)18-27-35(47(42,43)20-36)34(25-13-12-24(17-26(25)37)44-19-22-7-4-3-5-8-22)39(28-9-6-10-29(40)33(28)38-27)32(41)16-23-11-14-30-31(15-23)46-21-45-30/h3-15,17,34,38,40H,16,18-21H2,1-2H3. The van der Waals surface area contributed by atoms with Crippen LogP contribution in [0.2, 0.25) is 0 Å². The van der Waals surface area contributed by atoms with Crippen LogP contribution in [0.5, 0.6) is 23.0 Å². The van der Waals surface area contributed by atoms with E-state index in [0.717, 1.165) is 5.56 Å². The van der Waals surface area contributed by atoms with E-state index in [4.69, 9.17) is 14.2 Å². The maximum absolute atomic E-state index is 16.4. The predicted octanol–water partition coefficient (Wildman–Crippen LogP) is 6.64. The fourth-order valence-corrected chi connectivity index (χ4v) is 8.89. The van der Waals surface area contributed by atoms with Crippen molar-refractivity contribution in [2.75, 3.05) is 22.8 Å². The third kappa shape index (κ3) is 5.87. The molecule has 4 aromatic rings. The molecule has 0 spiro atoms. The zero-order valence-corrected chi connectivity index (χ0v) is 26.6. The first-order valence-electron chi connectivity index (χ1n) is 15.2. The number of phenols is 1. The molecule has 3 heterocycles. The van der Waals surface area contributed by atoms with E-state index in [1.165, 1.54) is 23.1 Å². The summed E-state index contributed by atoms with van der Waals surface area (Å²) in [6.45, 7) is 3.95. The number of para-hydroxylation sites is 1. The van der Waals surface area contributed by atoms with Gasteiger partial charge in [0.1, 0.15) is 35.7 Å². The molecule has 0 saturated carbocycles. The first-order chi connectivity index (χ1) is 22.5. The highest BCUT2D eigenvalue weighted by molar-refractivity contribution is 7.95. The van der Waals surface area contributed by atoms with E-state index in [1.54, 1.807) is 36.4 Å². The van der Waals surface area contributed by atoms with Crippen LogP contribution in [0.3, 0.4) is 0 Å². The lowest BCUT2D eigenvalue weighted by molar-refractivity contribution is -0.118. The van der Waals surface area contributed by atoms with Crippen LogP contribution in [0.1, 0.15) is 43.0 Å². The fraction of sp³-hybridized carbons (Fsp3) is 0.250. The van der Waals surface area contributed by atoms with Gasteiger partial charge < -0.3 is 24.6 Å². The third-order valence-electron chi connectivity index (χ3n) is 8.51. The first kappa shape index (κ1) is 30.6. The minimum Gasteiger partial charge on any atom is -0.506 e. The highest BCUT2D eigenvalue weighted by Gasteiger charge is 2.47. The van der Waals surface area contributed by atoms with Gasteiger partial charge in [-0.2, -0.15) is 0 Å². The van der Waals surface area contributed by atoms with Crippen LogP contribution in [-0.2, 0) is 27.7 Å². The van der Waals surface area contributed by atoms with Crippen molar-refractivity contribution >= 4 is 27.1 Å². The molecule has 9 nitrogen and oxygen atoms in total. The number of anilines is 2. The minimum atomic E-state index is -4.06. The summed E-state index contributed by atoms with van der Waals surface area (Å²) in [7, 11) is -4.06. The van der Waals surface area contributed by atoms with Crippen molar-refractivity contribution in [1.82, 2.24) is 0 Å². The summed E-state index contributed by atoms with van der Waals surface area (Å²) in [5.41, 5.74) is 1.47. The molecule has 7 rings (SSSR count). The fourth-order valence-electron chi connectivity index (χ4n) is 6.53. The van der Waals surface area contributed by atoms with Crippen LogP contribution in [-0.4, -0.2) is 32.0 Å². The summed E-state index contributed by atoms with van der Waals surface area (Å²) in [4.78, 5) is 15.7. The molecule has 1 unspecified atom stereocenters. The normalized spacial score (nSPS) is 18.9. The molecular formula is C36H33FN2O7S. The number of carbonyl (C=O) groups is 1. The van der Waals surface area contributed by atoms with Crippen molar-refractivity contribution in [3.8, 4) is 23.0 Å². The van der Waals surface area contributed by atoms with Gasteiger partial charge in [0, 0.05) is 17.3 Å². The van der Waals surface area contributed by atoms with Gasteiger partial charge in [-0.25, -0.2) is 12.8 Å². The van der Waals surface area contributed by atoms with E-state index in [1.807, 2.05) is 44.2 Å². The second-order valence-corrected chi connectivity index (χ2v) is 14.7. The van der Waals surface area contributed by atoms with Crippen LogP contribution in [0, 0.1) is 11.2 Å². The Hall–Kier alpha value is -5.03. The van der Waals surface area contributed by atoms with Crippen LogP contribution in [0.15, 0.2) is 95.5 Å². The van der Waals surface area contributed by atoms with E-state index < -0.39 is 33.0 Å². The second-order valence-electron chi connectivity index (χ2n) is 12.7. The quantitative estimate of drug-likeness (QED) is 0.222. The molecule has 2 N–H and O–H groups in total. The Labute approximate surface area is 272 Å². The Morgan fingerprint density at radius 3 is 2.57 bits per heavy atom. The Kier molecular flexibility index (Phi) is 7.59. The van der Waals surface area contributed by atoms with Crippen molar-refractivity contribution in [3.63, 3.8) is 0 Å². The molecule has 242 valence electrons. The topological polar surface area (TPSA) is 114 Å². The van der Waals surface area contributed by atoms with Gasteiger partial charge in [-0.05, 0) is 59.4 Å². The molecule has 47 heavy (non-hydrogen) atoms. The number of nitrogens with one attached hydrogen (secondary N) is 1. The summed E-state index contributed by atoms with van der Waals surface area (Å²) in [5.74, 6) is -0.347. The molecule has 0 radical (unpaired) electrons. The van der Waals surface area contributed by atoms with Crippen LogP contribution < -0.4 is 24.4 Å². The summed E-state index contributed by atoms with van der Waals surface area (Å²) >= 11 is 0. The number of amides is 1. The Bertz CT molecular complexity index is 2030. The predicted molar refractivity (Wildman–Crippen MR) is 175 cm³/mol. The molecule has 0 bridgehead atoms. The molecule has 0 fully saturated rings. The lowest BCUT2D eigenvalue weighted by Crippen LogP contribution is -2.42. The van der Waals surface area contributed by atoms with Crippen LogP contribution >= 0.6 is 0 Å². The lowest BCUT2D eigenvalue weighted by Gasteiger charge is -2.37. The van der Waals surface area contributed by atoms with Gasteiger partial charge in [0.15, 0.2) is 21.3 Å². The molecule has 3 aliphatic heterocycles. The smallest absolute Gasteiger partial charge is 0.232 e. The number of ether oxygens (including phenoxy) is 3. The van der Waals surface area contributed by atoms with Crippen LogP contribution in [0.4, 0.5) is 15.8 Å². The molecule has 0 saturated heterocycles. The maximum Gasteiger partial charge on any atom is 0.232 e. The zero-order valence-electron chi connectivity index (χ0n) is 25.8. The van der Waals surface area contributed by atoms with Gasteiger partial charge in [0.05, 0.1) is 22.8 Å². The second kappa shape index (κ2) is 11.6. The maximum atomic E-state index is 16.4. The highest BCUT2D eigenvalue weighted by Crippen LogP contribution is 2.52. The number of sulfone groups is 1. The summed E-state index contributed by atoms with van der Waals surface area (Å²) < 4.78 is 61.6. The SMILES string of the molecule is CC1(C)CC2=C(C(c3ccc(OCc4ccccc4)cc3F)N(C(=O)Cc3ccc4c(c3)OCO4)c3cccc(O)c3N2)S(=O)(=O)C1. The largest absolute Gasteiger partial charge is 0.506 e. The number of halogens is 1. The number of aromatic hydroxyl groups is 1. The number of rotatable bonds is 6. The minimum absolute atomic E-state index is 0.0233.